The zero-order chi connectivity index (χ0) is 19.1. The van der Waals surface area contributed by atoms with Crippen LogP contribution in [0.5, 0.6) is 0 Å². The second-order valence-electron chi connectivity index (χ2n) is 6.87. The number of rotatable bonds is 4. The molecule has 0 saturated heterocycles. The van der Waals surface area contributed by atoms with Gasteiger partial charge in [-0.3, -0.25) is 0 Å². The van der Waals surface area contributed by atoms with E-state index in [-0.39, 0.29) is 4.90 Å². The molecule has 3 aromatic rings. The Hall–Kier alpha value is -2.47. The summed E-state index contributed by atoms with van der Waals surface area (Å²) in [6, 6.07) is 23.0. The molecule has 3 aromatic carbocycles. The summed E-state index contributed by atoms with van der Waals surface area (Å²) < 4.78 is 31.4. The van der Waals surface area contributed by atoms with Crippen molar-refractivity contribution in [2.24, 2.45) is 0 Å². The van der Waals surface area contributed by atoms with Gasteiger partial charge in [-0.15, -0.1) is 0 Å². The number of fused-ring (bicyclic) bond motifs is 1. The minimum Gasteiger partial charge on any atom is -0.360 e. The summed E-state index contributed by atoms with van der Waals surface area (Å²) in [5, 5.41) is 11.5. The van der Waals surface area contributed by atoms with Crippen molar-refractivity contribution in [3.63, 3.8) is 0 Å². The van der Waals surface area contributed by atoms with Crippen molar-refractivity contribution in [3.8, 4) is 0 Å². The van der Waals surface area contributed by atoms with Gasteiger partial charge >= 0.3 is 0 Å². The maximum absolute atomic E-state index is 12.9. The van der Waals surface area contributed by atoms with E-state index >= 15 is 0 Å². The van der Waals surface area contributed by atoms with Gasteiger partial charge in [0.05, 0.1) is 4.90 Å². The SMILES string of the molecule is Cc1ccc(S(=O)(=O)OC2(O)c3ccccc3CC2c2ccccc2)cc1. The molecule has 0 fully saturated rings. The minimum absolute atomic E-state index is 0.0257. The van der Waals surface area contributed by atoms with E-state index in [1.165, 1.54) is 12.1 Å². The van der Waals surface area contributed by atoms with Gasteiger partial charge in [-0.25, -0.2) is 4.18 Å². The van der Waals surface area contributed by atoms with Crippen LogP contribution in [0.2, 0.25) is 0 Å². The second kappa shape index (κ2) is 6.60. The van der Waals surface area contributed by atoms with Crippen molar-refractivity contribution >= 4 is 10.1 Å². The molecule has 0 aromatic heterocycles. The topological polar surface area (TPSA) is 63.6 Å². The molecule has 0 saturated carbocycles. The Morgan fingerprint density at radius 3 is 2.26 bits per heavy atom. The summed E-state index contributed by atoms with van der Waals surface area (Å²) in [5.74, 6) is -2.47. The summed E-state index contributed by atoms with van der Waals surface area (Å²) >= 11 is 0. The second-order valence-corrected chi connectivity index (χ2v) is 8.42. The summed E-state index contributed by atoms with van der Waals surface area (Å²) in [6.45, 7) is 1.88. The average Bonchev–Trinajstić information content (AvgIpc) is 2.95. The molecule has 27 heavy (non-hydrogen) atoms. The molecule has 0 radical (unpaired) electrons. The third-order valence-electron chi connectivity index (χ3n) is 5.05. The molecule has 4 rings (SSSR count). The Labute approximate surface area is 159 Å². The van der Waals surface area contributed by atoms with Gasteiger partial charge in [0.25, 0.3) is 10.1 Å². The standard InChI is InChI=1S/C22H20O4S/c1-16-11-13-19(14-12-16)27(24,25)26-22(23)20-10-6-5-9-18(20)15-21(22)17-7-3-2-4-8-17/h2-14,21,23H,15H2,1H3. The molecular weight excluding hydrogens is 360 g/mol. The zero-order valence-corrected chi connectivity index (χ0v) is 15.7. The van der Waals surface area contributed by atoms with Gasteiger partial charge in [-0.1, -0.05) is 72.3 Å². The first-order valence-corrected chi connectivity index (χ1v) is 10.2. The van der Waals surface area contributed by atoms with Crippen LogP contribution < -0.4 is 0 Å². The van der Waals surface area contributed by atoms with Crippen molar-refractivity contribution in [1.82, 2.24) is 0 Å². The molecule has 2 atom stereocenters. The lowest BCUT2D eigenvalue weighted by Crippen LogP contribution is -2.35. The van der Waals surface area contributed by atoms with Crippen LogP contribution in [0.1, 0.15) is 28.2 Å². The van der Waals surface area contributed by atoms with Crippen LogP contribution in [0.4, 0.5) is 0 Å². The molecule has 1 aliphatic rings. The molecular formula is C22H20O4S. The lowest BCUT2D eigenvalue weighted by Gasteiger charge is -2.30. The molecule has 4 nitrogen and oxygen atoms in total. The molecule has 5 heteroatoms. The molecule has 0 bridgehead atoms. The van der Waals surface area contributed by atoms with Gasteiger partial charge < -0.3 is 5.11 Å². The highest BCUT2D eigenvalue weighted by Gasteiger charge is 2.50. The zero-order valence-electron chi connectivity index (χ0n) is 14.9. The van der Waals surface area contributed by atoms with Gasteiger partial charge in [0, 0.05) is 11.5 Å². The van der Waals surface area contributed by atoms with E-state index < -0.39 is 21.8 Å². The first-order valence-electron chi connectivity index (χ1n) is 8.78. The molecule has 0 spiro atoms. The number of hydrogen-bond donors (Lipinski definition) is 1. The highest BCUT2D eigenvalue weighted by atomic mass is 32.2. The number of benzene rings is 3. The highest BCUT2D eigenvalue weighted by molar-refractivity contribution is 7.86. The van der Waals surface area contributed by atoms with E-state index in [1.807, 2.05) is 49.4 Å². The predicted molar refractivity (Wildman–Crippen MR) is 103 cm³/mol. The van der Waals surface area contributed by atoms with Crippen LogP contribution in [-0.2, 0) is 26.5 Å². The average molecular weight is 380 g/mol. The lowest BCUT2D eigenvalue weighted by molar-refractivity contribution is -0.153. The van der Waals surface area contributed by atoms with Crippen molar-refractivity contribution < 1.29 is 17.7 Å². The van der Waals surface area contributed by atoms with Gasteiger partial charge in [0.15, 0.2) is 0 Å². The predicted octanol–water partition coefficient (Wildman–Crippen LogP) is 3.89. The maximum atomic E-state index is 12.9. The summed E-state index contributed by atoms with van der Waals surface area (Å²) in [4.78, 5) is 0.0257. The first kappa shape index (κ1) is 17.9. The number of aliphatic hydroxyl groups is 1. The van der Waals surface area contributed by atoms with Crippen LogP contribution in [-0.4, -0.2) is 13.5 Å². The Morgan fingerprint density at radius 1 is 0.926 bits per heavy atom. The Bertz CT molecular complexity index is 1060. The molecule has 2 unspecified atom stereocenters. The fourth-order valence-electron chi connectivity index (χ4n) is 3.65. The van der Waals surface area contributed by atoms with Gasteiger partial charge in [0.1, 0.15) is 0 Å². The van der Waals surface area contributed by atoms with Crippen molar-refractivity contribution in [3.05, 3.63) is 101 Å². The van der Waals surface area contributed by atoms with E-state index in [2.05, 4.69) is 0 Å². The molecule has 138 valence electrons. The van der Waals surface area contributed by atoms with E-state index in [9.17, 15) is 13.5 Å². The number of aryl methyl sites for hydroxylation is 1. The molecule has 1 aliphatic carbocycles. The Balaban J connectivity index is 1.80. The van der Waals surface area contributed by atoms with Crippen LogP contribution in [0, 0.1) is 6.92 Å². The maximum Gasteiger partial charge on any atom is 0.299 e. The van der Waals surface area contributed by atoms with Crippen molar-refractivity contribution in [2.75, 3.05) is 0 Å². The fraction of sp³-hybridized carbons (Fsp3) is 0.182. The van der Waals surface area contributed by atoms with E-state index in [0.717, 1.165) is 16.7 Å². The van der Waals surface area contributed by atoms with E-state index in [1.54, 1.807) is 24.3 Å². The third-order valence-corrected chi connectivity index (χ3v) is 6.37. The van der Waals surface area contributed by atoms with Crippen LogP contribution in [0.3, 0.4) is 0 Å². The van der Waals surface area contributed by atoms with Gasteiger partial charge in [0.2, 0.25) is 5.79 Å². The summed E-state index contributed by atoms with van der Waals surface area (Å²) in [6.07, 6.45) is 0.500. The monoisotopic (exact) mass is 380 g/mol. The van der Waals surface area contributed by atoms with Gasteiger partial charge in [-0.05, 0) is 36.6 Å². The van der Waals surface area contributed by atoms with Crippen molar-refractivity contribution in [1.29, 1.82) is 0 Å². The van der Waals surface area contributed by atoms with E-state index in [0.29, 0.717) is 12.0 Å². The minimum atomic E-state index is -4.15. The normalized spacial score (nSPS) is 21.8. The number of hydrogen-bond acceptors (Lipinski definition) is 4. The van der Waals surface area contributed by atoms with E-state index in [4.69, 9.17) is 4.18 Å². The Kier molecular flexibility index (Phi) is 4.38. The molecule has 0 heterocycles. The third kappa shape index (κ3) is 3.18. The largest absolute Gasteiger partial charge is 0.360 e. The smallest absolute Gasteiger partial charge is 0.299 e. The summed E-state index contributed by atoms with van der Waals surface area (Å²) in [7, 11) is -4.15. The van der Waals surface area contributed by atoms with Gasteiger partial charge in [-0.2, -0.15) is 8.42 Å². The quantitative estimate of drug-likeness (QED) is 0.551. The van der Waals surface area contributed by atoms with Crippen LogP contribution >= 0.6 is 0 Å². The fourth-order valence-corrected chi connectivity index (χ4v) is 4.75. The molecule has 1 N–H and O–H groups in total. The highest BCUT2D eigenvalue weighted by Crippen LogP contribution is 2.49. The Morgan fingerprint density at radius 2 is 1.56 bits per heavy atom. The molecule has 0 aliphatic heterocycles. The lowest BCUT2D eigenvalue weighted by atomic mass is 9.91. The summed E-state index contributed by atoms with van der Waals surface area (Å²) in [5.41, 5.74) is 3.15. The van der Waals surface area contributed by atoms with Crippen molar-refractivity contribution in [2.45, 2.75) is 29.9 Å². The van der Waals surface area contributed by atoms with Crippen LogP contribution in [0.25, 0.3) is 0 Å². The molecule has 0 amide bonds. The first-order chi connectivity index (χ1) is 12.9. The van der Waals surface area contributed by atoms with Crippen LogP contribution in [0.15, 0.2) is 83.8 Å².